The summed E-state index contributed by atoms with van der Waals surface area (Å²) in [5.74, 6) is 3.80. The minimum absolute atomic E-state index is 0.358. The Morgan fingerprint density at radius 3 is 1.80 bits per heavy atom. The highest BCUT2D eigenvalue weighted by Gasteiger charge is 2.43. The monoisotopic (exact) mass is 278 g/mol. The lowest BCUT2D eigenvalue weighted by molar-refractivity contribution is 0.0274. The van der Waals surface area contributed by atoms with E-state index in [-0.39, 0.29) is 0 Å². The second kappa shape index (κ2) is 5.96. The molecular weight excluding hydrogens is 244 g/mol. The molecule has 0 spiro atoms. The van der Waals surface area contributed by atoms with Gasteiger partial charge in [0.1, 0.15) is 0 Å². The fourth-order valence-corrected chi connectivity index (χ4v) is 4.18. The lowest BCUT2D eigenvalue weighted by Gasteiger charge is -2.48. The molecule has 3 fully saturated rings. The van der Waals surface area contributed by atoms with Gasteiger partial charge in [-0.15, -0.1) is 0 Å². The Balaban J connectivity index is 1.64. The summed E-state index contributed by atoms with van der Waals surface area (Å²) < 4.78 is 0. The molecule has 116 valence electrons. The molecule has 0 saturated heterocycles. The highest BCUT2D eigenvalue weighted by atomic mass is 15.2. The summed E-state index contributed by atoms with van der Waals surface area (Å²) in [4.78, 5) is 2.86. The Bertz CT molecular complexity index is 295. The molecular formula is C18H34N2. The van der Waals surface area contributed by atoms with Crippen LogP contribution in [0.2, 0.25) is 0 Å². The van der Waals surface area contributed by atoms with Crippen LogP contribution in [0.5, 0.6) is 0 Å². The molecule has 0 aliphatic heterocycles. The molecule has 0 aromatic heterocycles. The van der Waals surface area contributed by atoms with Crippen LogP contribution in [0.1, 0.15) is 65.2 Å². The number of nitrogens with two attached hydrogens (primary N) is 1. The fraction of sp³-hybridized carbons (Fsp3) is 1.00. The maximum Gasteiger partial charge on any atom is 0.0332 e. The third kappa shape index (κ3) is 3.39. The van der Waals surface area contributed by atoms with Crippen molar-refractivity contribution in [2.75, 3.05) is 19.6 Å². The summed E-state index contributed by atoms with van der Waals surface area (Å²) in [5, 5.41) is 0. The lowest BCUT2D eigenvalue weighted by atomic mass is 9.72. The molecule has 3 rings (SSSR count). The summed E-state index contributed by atoms with van der Waals surface area (Å²) >= 11 is 0. The normalized spacial score (nSPS) is 35.0. The van der Waals surface area contributed by atoms with Crippen molar-refractivity contribution in [2.45, 2.75) is 70.8 Å². The van der Waals surface area contributed by atoms with Crippen molar-refractivity contribution in [1.82, 2.24) is 4.90 Å². The van der Waals surface area contributed by atoms with E-state index in [9.17, 15) is 0 Å². The van der Waals surface area contributed by atoms with E-state index in [4.69, 9.17) is 5.73 Å². The van der Waals surface area contributed by atoms with Gasteiger partial charge in [0.15, 0.2) is 0 Å². The topological polar surface area (TPSA) is 29.3 Å². The molecule has 2 N–H and O–H groups in total. The van der Waals surface area contributed by atoms with Gasteiger partial charge in [0.2, 0.25) is 0 Å². The van der Waals surface area contributed by atoms with E-state index in [1.54, 1.807) is 0 Å². The molecule has 20 heavy (non-hydrogen) atoms. The van der Waals surface area contributed by atoms with E-state index in [1.165, 1.54) is 64.5 Å². The van der Waals surface area contributed by atoms with Crippen molar-refractivity contribution in [3.8, 4) is 0 Å². The van der Waals surface area contributed by atoms with Crippen LogP contribution in [-0.2, 0) is 0 Å². The summed E-state index contributed by atoms with van der Waals surface area (Å²) in [5.41, 5.74) is 6.67. The summed E-state index contributed by atoms with van der Waals surface area (Å²) in [6.07, 6.45) is 11.4. The van der Waals surface area contributed by atoms with Gasteiger partial charge in [-0.05, 0) is 75.0 Å². The van der Waals surface area contributed by atoms with Crippen LogP contribution in [0, 0.1) is 23.7 Å². The van der Waals surface area contributed by atoms with Gasteiger partial charge in [-0.2, -0.15) is 0 Å². The van der Waals surface area contributed by atoms with Gasteiger partial charge in [-0.1, -0.05) is 13.8 Å². The van der Waals surface area contributed by atoms with E-state index < -0.39 is 0 Å². The van der Waals surface area contributed by atoms with Crippen molar-refractivity contribution in [3.05, 3.63) is 0 Å². The molecule has 0 heterocycles. The third-order valence-corrected chi connectivity index (χ3v) is 6.31. The summed E-state index contributed by atoms with van der Waals surface area (Å²) in [6.45, 7) is 8.37. The van der Waals surface area contributed by atoms with Crippen molar-refractivity contribution < 1.29 is 0 Å². The molecule has 0 aromatic carbocycles. The Hall–Kier alpha value is -0.0800. The molecule has 3 aliphatic rings. The van der Waals surface area contributed by atoms with Gasteiger partial charge >= 0.3 is 0 Å². The number of hydrogen-bond donors (Lipinski definition) is 1. The van der Waals surface area contributed by atoms with Gasteiger partial charge in [0.25, 0.3) is 0 Å². The Labute approximate surface area is 125 Å². The van der Waals surface area contributed by atoms with E-state index >= 15 is 0 Å². The Morgan fingerprint density at radius 1 is 0.950 bits per heavy atom. The first-order valence-electron chi connectivity index (χ1n) is 9.08. The molecule has 2 nitrogen and oxygen atoms in total. The van der Waals surface area contributed by atoms with Gasteiger partial charge in [-0.25, -0.2) is 0 Å². The minimum Gasteiger partial charge on any atom is -0.329 e. The van der Waals surface area contributed by atoms with Crippen molar-refractivity contribution in [1.29, 1.82) is 0 Å². The molecule has 2 heteroatoms. The fourth-order valence-electron chi connectivity index (χ4n) is 4.18. The zero-order valence-electron chi connectivity index (χ0n) is 13.6. The predicted molar refractivity (Wildman–Crippen MR) is 85.6 cm³/mol. The first-order chi connectivity index (χ1) is 9.63. The van der Waals surface area contributed by atoms with E-state index in [0.29, 0.717) is 5.54 Å². The van der Waals surface area contributed by atoms with E-state index in [2.05, 4.69) is 18.7 Å². The summed E-state index contributed by atoms with van der Waals surface area (Å²) in [7, 11) is 0. The Morgan fingerprint density at radius 2 is 1.45 bits per heavy atom. The van der Waals surface area contributed by atoms with Crippen LogP contribution in [0.4, 0.5) is 0 Å². The molecule has 0 bridgehead atoms. The molecule has 3 saturated carbocycles. The van der Waals surface area contributed by atoms with Crippen molar-refractivity contribution >= 4 is 0 Å². The molecule has 0 amide bonds. The van der Waals surface area contributed by atoms with Gasteiger partial charge in [0.05, 0.1) is 0 Å². The van der Waals surface area contributed by atoms with Gasteiger partial charge < -0.3 is 5.73 Å². The Kier molecular flexibility index (Phi) is 4.42. The van der Waals surface area contributed by atoms with Crippen molar-refractivity contribution in [3.63, 3.8) is 0 Å². The van der Waals surface area contributed by atoms with Crippen LogP contribution in [0.3, 0.4) is 0 Å². The third-order valence-electron chi connectivity index (χ3n) is 6.31. The van der Waals surface area contributed by atoms with Gasteiger partial charge in [0, 0.05) is 25.2 Å². The molecule has 3 aliphatic carbocycles. The van der Waals surface area contributed by atoms with Crippen LogP contribution in [0.25, 0.3) is 0 Å². The highest BCUT2D eigenvalue weighted by molar-refractivity contribution is 4.99. The first kappa shape index (κ1) is 14.8. The van der Waals surface area contributed by atoms with Gasteiger partial charge in [-0.3, -0.25) is 4.90 Å². The SMILES string of the molecule is CC(C)C1CCC(CN)(N(CC2CC2)CC2CC2)CC1. The van der Waals surface area contributed by atoms with E-state index in [1.807, 2.05) is 0 Å². The largest absolute Gasteiger partial charge is 0.329 e. The minimum atomic E-state index is 0.358. The van der Waals surface area contributed by atoms with Crippen molar-refractivity contribution in [2.24, 2.45) is 29.4 Å². The lowest BCUT2D eigenvalue weighted by Crippen LogP contribution is -2.57. The molecule has 0 atom stereocenters. The average molecular weight is 278 g/mol. The smallest absolute Gasteiger partial charge is 0.0332 e. The van der Waals surface area contributed by atoms with Crippen LogP contribution in [-0.4, -0.2) is 30.1 Å². The zero-order valence-corrected chi connectivity index (χ0v) is 13.6. The number of hydrogen-bond acceptors (Lipinski definition) is 2. The van der Waals surface area contributed by atoms with Crippen LogP contribution in [0.15, 0.2) is 0 Å². The maximum atomic E-state index is 6.31. The van der Waals surface area contributed by atoms with Crippen LogP contribution >= 0.6 is 0 Å². The average Bonchev–Trinajstić information content (AvgIpc) is 3.33. The first-order valence-corrected chi connectivity index (χ1v) is 9.08. The second-order valence-electron chi connectivity index (χ2n) is 8.30. The second-order valence-corrected chi connectivity index (χ2v) is 8.30. The quantitative estimate of drug-likeness (QED) is 0.770. The molecule has 0 aromatic rings. The number of nitrogens with zero attached hydrogens (tertiary/aromatic N) is 1. The molecule has 0 radical (unpaired) electrons. The standard InChI is InChI=1S/C18H34N2/c1-14(2)17-7-9-18(13-19,10-8-17)20(11-15-3-4-15)12-16-5-6-16/h14-17H,3-13,19H2,1-2H3. The summed E-state index contributed by atoms with van der Waals surface area (Å²) in [6, 6.07) is 0. The number of rotatable bonds is 7. The predicted octanol–water partition coefficient (Wildman–Crippen LogP) is 3.65. The van der Waals surface area contributed by atoms with E-state index in [0.717, 1.165) is 30.2 Å². The highest BCUT2D eigenvalue weighted by Crippen LogP contribution is 2.43. The maximum absolute atomic E-state index is 6.31. The van der Waals surface area contributed by atoms with Crippen LogP contribution < -0.4 is 5.73 Å². The zero-order chi connectivity index (χ0) is 14.2. The molecule has 0 unspecified atom stereocenters.